The molecule has 0 aliphatic carbocycles. The number of nitrogens with zero attached hydrogens (tertiary/aromatic N) is 4. The summed E-state index contributed by atoms with van der Waals surface area (Å²) in [5.41, 5.74) is -0.109. The number of hydrogen-bond acceptors (Lipinski definition) is 4. The molecule has 0 saturated carbocycles. The lowest BCUT2D eigenvalue weighted by atomic mass is 10.2. The van der Waals surface area contributed by atoms with Crippen molar-refractivity contribution in [3.63, 3.8) is 0 Å². The van der Waals surface area contributed by atoms with E-state index < -0.39 is 23.8 Å². The average molecular weight is 268 g/mol. The van der Waals surface area contributed by atoms with E-state index >= 15 is 0 Å². The number of rotatable bonds is 4. The lowest BCUT2D eigenvalue weighted by Crippen LogP contribution is -2.11. The maximum Gasteiger partial charge on any atom is 0.358 e. The number of aryl methyl sites for hydroxylation is 1. The van der Waals surface area contributed by atoms with Crippen LogP contribution in [-0.4, -0.2) is 31.1 Å². The van der Waals surface area contributed by atoms with E-state index in [9.17, 15) is 13.6 Å². The third-order valence-electron chi connectivity index (χ3n) is 2.60. The second kappa shape index (κ2) is 5.09. The van der Waals surface area contributed by atoms with Crippen LogP contribution in [0.15, 0.2) is 18.3 Å². The Labute approximate surface area is 106 Å². The molecule has 1 N–H and O–H groups in total. The van der Waals surface area contributed by atoms with E-state index in [1.165, 1.54) is 6.20 Å². The second-order valence-electron chi connectivity index (χ2n) is 3.85. The number of carbonyl (C=O) groups is 1. The normalized spacial score (nSPS) is 10.9. The van der Waals surface area contributed by atoms with Crippen LogP contribution >= 0.6 is 0 Å². The van der Waals surface area contributed by atoms with Gasteiger partial charge in [-0.25, -0.2) is 18.3 Å². The Hall–Kier alpha value is -2.38. The highest BCUT2D eigenvalue weighted by atomic mass is 19.3. The number of aromatic nitrogens is 4. The van der Waals surface area contributed by atoms with Gasteiger partial charge in [0, 0.05) is 6.20 Å². The number of pyridine rings is 1. The molecule has 6 nitrogen and oxygen atoms in total. The second-order valence-corrected chi connectivity index (χ2v) is 3.85. The standard InChI is InChI=1S/C11H10F2N4O2/c1-6-3-2-4-14-7(6)5-17-9(10(12)13)8(11(18)19)15-16-17/h2-4,10H,5H2,1H3,(H,18,19). The summed E-state index contributed by atoms with van der Waals surface area (Å²) in [6.07, 6.45) is -1.44. The molecule has 2 rings (SSSR count). The molecule has 2 aromatic rings. The molecule has 0 amide bonds. The van der Waals surface area contributed by atoms with Gasteiger partial charge in [-0.15, -0.1) is 5.10 Å². The Morgan fingerprint density at radius 1 is 1.53 bits per heavy atom. The van der Waals surface area contributed by atoms with Gasteiger partial charge >= 0.3 is 5.97 Å². The van der Waals surface area contributed by atoms with Crippen LogP contribution in [0.5, 0.6) is 0 Å². The smallest absolute Gasteiger partial charge is 0.358 e. The predicted molar refractivity (Wildman–Crippen MR) is 60.0 cm³/mol. The van der Waals surface area contributed by atoms with Crippen molar-refractivity contribution in [2.75, 3.05) is 0 Å². The van der Waals surface area contributed by atoms with Gasteiger partial charge in [-0.05, 0) is 18.6 Å². The van der Waals surface area contributed by atoms with Crippen molar-refractivity contribution in [1.29, 1.82) is 0 Å². The van der Waals surface area contributed by atoms with Crippen molar-refractivity contribution in [2.45, 2.75) is 19.9 Å². The van der Waals surface area contributed by atoms with Crippen LogP contribution in [0.2, 0.25) is 0 Å². The Balaban J connectivity index is 2.41. The summed E-state index contributed by atoms with van der Waals surface area (Å²) in [6, 6.07) is 3.50. The molecule has 0 atom stereocenters. The molecule has 19 heavy (non-hydrogen) atoms. The molecule has 100 valence electrons. The largest absolute Gasteiger partial charge is 0.476 e. The fourth-order valence-corrected chi connectivity index (χ4v) is 1.63. The number of alkyl halides is 2. The number of carboxylic acid groups (broad SMARTS) is 1. The Morgan fingerprint density at radius 3 is 2.84 bits per heavy atom. The Morgan fingerprint density at radius 2 is 2.26 bits per heavy atom. The van der Waals surface area contributed by atoms with Crippen LogP contribution in [0.25, 0.3) is 0 Å². The van der Waals surface area contributed by atoms with E-state index in [4.69, 9.17) is 5.11 Å². The third-order valence-corrected chi connectivity index (χ3v) is 2.60. The number of carboxylic acids is 1. The zero-order valence-corrected chi connectivity index (χ0v) is 9.92. The van der Waals surface area contributed by atoms with Gasteiger partial charge in [0.2, 0.25) is 0 Å². The van der Waals surface area contributed by atoms with Crippen LogP contribution in [0.1, 0.15) is 33.9 Å². The van der Waals surface area contributed by atoms with Gasteiger partial charge in [0.25, 0.3) is 6.43 Å². The van der Waals surface area contributed by atoms with Crippen LogP contribution in [0.3, 0.4) is 0 Å². The van der Waals surface area contributed by atoms with E-state index in [0.717, 1.165) is 10.2 Å². The lowest BCUT2D eigenvalue weighted by Gasteiger charge is -2.07. The van der Waals surface area contributed by atoms with E-state index in [2.05, 4.69) is 15.3 Å². The van der Waals surface area contributed by atoms with Crippen molar-refractivity contribution >= 4 is 5.97 Å². The molecule has 2 aromatic heterocycles. The lowest BCUT2D eigenvalue weighted by molar-refractivity contribution is 0.0675. The number of halogens is 2. The third kappa shape index (κ3) is 2.56. The molecule has 0 radical (unpaired) electrons. The number of aromatic carboxylic acids is 1. The summed E-state index contributed by atoms with van der Waals surface area (Å²) in [5, 5.41) is 15.5. The maximum atomic E-state index is 12.9. The van der Waals surface area contributed by atoms with Crippen molar-refractivity contribution < 1.29 is 18.7 Å². The average Bonchev–Trinajstić information content (AvgIpc) is 2.76. The first-order chi connectivity index (χ1) is 9.00. The summed E-state index contributed by atoms with van der Waals surface area (Å²) in [4.78, 5) is 14.8. The quantitative estimate of drug-likeness (QED) is 0.912. The molecule has 0 aromatic carbocycles. The van der Waals surface area contributed by atoms with Gasteiger partial charge in [-0.2, -0.15) is 0 Å². The van der Waals surface area contributed by atoms with Gasteiger partial charge in [0.05, 0.1) is 12.2 Å². The maximum absolute atomic E-state index is 12.9. The molecule has 0 fully saturated rings. The molecule has 0 aliphatic heterocycles. The molecule has 2 heterocycles. The van der Waals surface area contributed by atoms with Crippen molar-refractivity contribution in [3.8, 4) is 0 Å². The zero-order valence-electron chi connectivity index (χ0n) is 9.92. The Bertz CT molecular complexity index is 612. The highest BCUT2D eigenvalue weighted by Gasteiger charge is 2.26. The topological polar surface area (TPSA) is 80.9 Å². The first-order valence-electron chi connectivity index (χ1n) is 5.36. The molecule has 8 heteroatoms. The van der Waals surface area contributed by atoms with Gasteiger partial charge in [0.1, 0.15) is 5.69 Å². The minimum Gasteiger partial charge on any atom is -0.476 e. The highest BCUT2D eigenvalue weighted by molar-refractivity contribution is 5.86. The fourth-order valence-electron chi connectivity index (χ4n) is 1.63. The SMILES string of the molecule is Cc1cccnc1Cn1nnc(C(=O)O)c1C(F)F. The highest BCUT2D eigenvalue weighted by Crippen LogP contribution is 2.22. The van der Waals surface area contributed by atoms with Crippen LogP contribution < -0.4 is 0 Å². The van der Waals surface area contributed by atoms with Crippen molar-refractivity contribution in [1.82, 2.24) is 20.0 Å². The van der Waals surface area contributed by atoms with E-state index in [0.29, 0.717) is 5.69 Å². The first-order valence-corrected chi connectivity index (χ1v) is 5.36. The Kier molecular flexibility index (Phi) is 3.50. The minimum atomic E-state index is -2.97. The molecule has 0 spiro atoms. The van der Waals surface area contributed by atoms with Crippen LogP contribution in [0.4, 0.5) is 8.78 Å². The molecular weight excluding hydrogens is 258 g/mol. The summed E-state index contributed by atoms with van der Waals surface area (Å²) >= 11 is 0. The monoisotopic (exact) mass is 268 g/mol. The fraction of sp³-hybridized carbons (Fsp3) is 0.273. The van der Waals surface area contributed by atoms with Gasteiger partial charge in [0.15, 0.2) is 5.69 Å². The first kappa shape index (κ1) is 13.1. The van der Waals surface area contributed by atoms with Gasteiger partial charge in [-0.1, -0.05) is 11.3 Å². The van der Waals surface area contributed by atoms with E-state index in [-0.39, 0.29) is 6.54 Å². The summed E-state index contributed by atoms with van der Waals surface area (Å²) < 4.78 is 26.7. The van der Waals surface area contributed by atoms with Crippen LogP contribution in [0, 0.1) is 6.92 Å². The molecule has 0 unspecified atom stereocenters. The molecular formula is C11H10F2N4O2. The summed E-state index contributed by atoms with van der Waals surface area (Å²) in [7, 11) is 0. The van der Waals surface area contributed by atoms with Crippen molar-refractivity contribution in [3.05, 3.63) is 41.0 Å². The number of hydrogen-bond donors (Lipinski definition) is 1. The van der Waals surface area contributed by atoms with Gasteiger partial charge < -0.3 is 5.11 Å². The van der Waals surface area contributed by atoms with Crippen molar-refractivity contribution in [2.24, 2.45) is 0 Å². The molecule has 0 aliphatic rings. The predicted octanol–water partition coefficient (Wildman–Crippen LogP) is 1.67. The van der Waals surface area contributed by atoms with E-state index in [1.54, 1.807) is 19.1 Å². The minimum absolute atomic E-state index is 0.0490. The summed E-state index contributed by atoms with van der Waals surface area (Å²) in [6.45, 7) is 1.73. The summed E-state index contributed by atoms with van der Waals surface area (Å²) in [5.74, 6) is -1.53. The van der Waals surface area contributed by atoms with E-state index in [1.807, 2.05) is 0 Å². The molecule has 0 saturated heterocycles. The molecule has 0 bridgehead atoms. The van der Waals surface area contributed by atoms with Crippen LogP contribution in [-0.2, 0) is 6.54 Å². The zero-order chi connectivity index (χ0) is 14.0. The van der Waals surface area contributed by atoms with Gasteiger partial charge in [-0.3, -0.25) is 4.98 Å².